The fourth-order valence-electron chi connectivity index (χ4n) is 4.09. The number of hydrogen-bond donors (Lipinski definition) is 1. The summed E-state index contributed by atoms with van der Waals surface area (Å²) in [7, 11) is 0. The smallest absolute Gasteiger partial charge is 0.343 e. The minimum Gasteiger partial charge on any atom is -0.507 e. The Kier molecular flexibility index (Phi) is 6.77. The molecule has 0 bridgehead atoms. The van der Waals surface area contributed by atoms with E-state index in [-0.39, 0.29) is 17.6 Å². The molecule has 1 saturated heterocycles. The molecule has 1 N–H and O–H groups in total. The minimum absolute atomic E-state index is 0.0737. The Hall–Kier alpha value is -1.59. The van der Waals surface area contributed by atoms with Gasteiger partial charge in [-0.05, 0) is 57.1 Å². The topological polar surface area (TPSA) is 59.7 Å². The van der Waals surface area contributed by atoms with E-state index in [9.17, 15) is 9.90 Å². The summed E-state index contributed by atoms with van der Waals surface area (Å²) >= 11 is 1.67. The van der Waals surface area contributed by atoms with Gasteiger partial charge < -0.3 is 14.3 Å². The number of hydrogen-bond acceptors (Lipinski definition) is 5. The highest BCUT2D eigenvalue weighted by Crippen LogP contribution is 2.38. The standard InChI is InChI=1S/C22H30O4S/c1-4-16(12-15-8-10-25-11-9-15)19-13-18(23)21(22(24)26-19)17(5-2)20-7-6-14(3)27-20/h6-7,13,15-17,23H,4-5,8-12H2,1-3H3. The van der Waals surface area contributed by atoms with Crippen molar-refractivity contribution >= 4 is 11.3 Å². The summed E-state index contributed by atoms with van der Waals surface area (Å²) in [4.78, 5) is 15.1. The first kappa shape index (κ1) is 20.2. The Labute approximate surface area is 165 Å². The first-order valence-electron chi connectivity index (χ1n) is 10.0. The summed E-state index contributed by atoms with van der Waals surface area (Å²) in [5.74, 6) is 1.32. The summed E-state index contributed by atoms with van der Waals surface area (Å²) in [5, 5.41) is 10.7. The van der Waals surface area contributed by atoms with E-state index in [1.165, 1.54) is 4.88 Å². The molecule has 1 aliphatic rings. The summed E-state index contributed by atoms with van der Waals surface area (Å²) in [6.45, 7) is 7.82. The van der Waals surface area contributed by atoms with Crippen LogP contribution < -0.4 is 5.63 Å². The summed E-state index contributed by atoms with van der Waals surface area (Å²) < 4.78 is 11.2. The lowest BCUT2D eigenvalue weighted by atomic mass is 9.85. The molecule has 1 aliphatic heterocycles. The lowest BCUT2D eigenvalue weighted by Gasteiger charge is -2.26. The lowest BCUT2D eigenvalue weighted by Crippen LogP contribution is -2.19. The highest BCUT2D eigenvalue weighted by Gasteiger charge is 2.26. The molecule has 148 valence electrons. The molecule has 0 aromatic carbocycles. The van der Waals surface area contributed by atoms with Crippen LogP contribution in [0.2, 0.25) is 0 Å². The fourth-order valence-corrected chi connectivity index (χ4v) is 5.16. The molecule has 0 saturated carbocycles. The van der Waals surface area contributed by atoms with E-state index in [1.807, 2.05) is 13.0 Å². The molecule has 27 heavy (non-hydrogen) atoms. The molecule has 0 spiro atoms. The average Bonchev–Trinajstić information content (AvgIpc) is 3.09. The Morgan fingerprint density at radius 1 is 1.22 bits per heavy atom. The maximum Gasteiger partial charge on any atom is 0.343 e. The first-order chi connectivity index (χ1) is 13.0. The molecule has 2 unspecified atom stereocenters. The molecule has 0 amide bonds. The zero-order valence-corrected chi connectivity index (χ0v) is 17.3. The zero-order valence-electron chi connectivity index (χ0n) is 16.5. The van der Waals surface area contributed by atoms with Gasteiger partial charge in [0.25, 0.3) is 0 Å². The first-order valence-corrected chi connectivity index (χ1v) is 10.9. The Bertz CT molecular complexity index is 801. The number of thiophene rings is 1. The predicted octanol–water partition coefficient (Wildman–Crippen LogP) is 5.57. The highest BCUT2D eigenvalue weighted by molar-refractivity contribution is 7.12. The van der Waals surface area contributed by atoms with Gasteiger partial charge in [0.15, 0.2) is 0 Å². The molecular weight excluding hydrogens is 360 g/mol. The van der Waals surface area contributed by atoms with E-state index in [2.05, 4.69) is 19.9 Å². The summed E-state index contributed by atoms with van der Waals surface area (Å²) in [5.41, 5.74) is -0.00245. The van der Waals surface area contributed by atoms with Crippen LogP contribution in [0.4, 0.5) is 0 Å². The SMILES string of the molecule is CCC(CC1CCOCC1)c1cc(O)c(C(CC)c2ccc(C)s2)c(=O)o1. The van der Waals surface area contributed by atoms with Gasteiger partial charge in [-0.25, -0.2) is 4.79 Å². The van der Waals surface area contributed by atoms with Crippen LogP contribution in [-0.2, 0) is 4.74 Å². The highest BCUT2D eigenvalue weighted by atomic mass is 32.1. The van der Waals surface area contributed by atoms with Crippen LogP contribution in [-0.4, -0.2) is 18.3 Å². The van der Waals surface area contributed by atoms with Crippen molar-refractivity contribution < 1.29 is 14.3 Å². The Morgan fingerprint density at radius 2 is 1.96 bits per heavy atom. The Balaban J connectivity index is 1.87. The molecule has 2 atom stereocenters. The van der Waals surface area contributed by atoms with Gasteiger partial charge >= 0.3 is 5.63 Å². The van der Waals surface area contributed by atoms with Gasteiger partial charge in [-0.15, -0.1) is 11.3 Å². The van der Waals surface area contributed by atoms with Gasteiger partial charge in [-0.1, -0.05) is 13.8 Å². The second kappa shape index (κ2) is 9.07. The van der Waals surface area contributed by atoms with E-state index in [4.69, 9.17) is 9.15 Å². The molecule has 1 fully saturated rings. The van der Waals surface area contributed by atoms with Crippen molar-refractivity contribution in [2.75, 3.05) is 13.2 Å². The van der Waals surface area contributed by atoms with Crippen LogP contribution in [0.3, 0.4) is 0 Å². The van der Waals surface area contributed by atoms with E-state index in [1.54, 1.807) is 17.4 Å². The van der Waals surface area contributed by atoms with Crippen molar-refractivity contribution in [1.29, 1.82) is 0 Å². The molecule has 0 radical (unpaired) electrons. The molecule has 2 aromatic heterocycles. The van der Waals surface area contributed by atoms with Crippen molar-refractivity contribution in [3.05, 3.63) is 49.7 Å². The molecule has 0 aliphatic carbocycles. The van der Waals surface area contributed by atoms with Crippen molar-refractivity contribution in [3.8, 4) is 5.75 Å². The molecule has 3 heterocycles. The molecule has 2 aromatic rings. The van der Waals surface area contributed by atoms with Gasteiger partial charge in [-0.2, -0.15) is 0 Å². The maximum absolute atomic E-state index is 12.8. The van der Waals surface area contributed by atoms with Crippen LogP contribution in [0.25, 0.3) is 0 Å². The van der Waals surface area contributed by atoms with Gasteiger partial charge in [0.2, 0.25) is 0 Å². The second-order valence-electron chi connectivity index (χ2n) is 7.54. The third-order valence-corrected chi connectivity index (χ3v) is 6.81. The normalized spacial score (nSPS) is 17.7. The fraction of sp³-hybridized carbons (Fsp3) is 0.591. The third kappa shape index (κ3) is 4.64. The molecule has 3 rings (SSSR count). The van der Waals surface area contributed by atoms with Crippen LogP contribution in [0.5, 0.6) is 5.75 Å². The predicted molar refractivity (Wildman–Crippen MR) is 109 cm³/mol. The Morgan fingerprint density at radius 3 is 2.52 bits per heavy atom. The molecular formula is C22H30O4S. The van der Waals surface area contributed by atoms with Crippen LogP contribution in [0, 0.1) is 12.8 Å². The molecule has 5 heteroatoms. The van der Waals surface area contributed by atoms with E-state index < -0.39 is 5.63 Å². The van der Waals surface area contributed by atoms with E-state index >= 15 is 0 Å². The second-order valence-corrected chi connectivity index (χ2v) is 8.86. The van der Waals surface area contributed by atoms with Crippen LogP contribution in [0.15, 0.2) is 27.4 Å². The van der Waals surface area contributed by atoms with Crippen molar-refractivity contribution in [3.63, 3.8) is 0 Å². The summed E-state index contributed by atoms with van der Waals surface area (Å²) in [6, 6.07) is 5.78. The van der Waals surface area contributed by atoms with Crippen LogP contribution >= 0.6 is 11.3 Å². The number of aryl methyl sites for hydroxylation is 1. The van der Waals surface area contributed by atoms with Crippen molar-refractivity contribution in [1.82, 2.24) is 0 Å². The quantitative estimate of drug-likeness (QED) is 0.671. The van der Waals surface area contributed by atoms with Crippen LogP contribution in [0.1, 0.15) is 78.9 Å². The number of ether oxygens (including phenoxy) is 1. The maximum atomic E-state index is 12.8. The average molecular weight is 391 g/mol. The third-order valence-electron chi connectivity index (χ3n) is 5.70. The van der Waals surface area contributed by atoms with Crippen molar-refractivity contribution in [2.24, 2.45) is 5.92 Å². The number of rotatable bonds is 7. The minimum atomic E-state index is -0.395. The van der Waals surface area contributed by atoms with E-state index in [0.717, 1.165) is 50.2 Å². The van der Waals surface area contributed by atoms with Gasteiger partial charge in [-0.3, -0.25) is 0 Å². The number of aromatic hydroxyl groups is 1. The van der Waals surface area contributed by atoms with Crippen molar-refractivity contribution in [2.45, 2.75) is 64.7 Å². The monoisotopic (exact) mass is 390 g/mol. The largest absolute Gasteiger partial charge is 0.507 e. The molecule has 4 nitrogen and oxygen atoms in total. The van der Waals surface area contributed by atoms with E-state index in [0.29, 0.717) is 17.2 Å². The van der Waals surface area contributed by atoms with Gasteiger partial charge in [0.05, 0.1) is 5.56 Å². The summed E-state index contributed by atoms with van der Waals surface area (Å²) in [6.07, 6.45) is 4.72. The van der Waals surface area contributed by atoms with Gasteiger partial charge in [0.1, 0.15) is 11.5 Å². The zero-order chi connectivity index (χ0) is 19.4. The lowest BCUT2D eigenvalue weighted by molar-refractivity contribution is 0.0606. The van der Waals surface area contributed by atoms with Gasteiger partial charge in [0, 0.05) is 40.9 Å².